The highest BCUT2D eigenvalue weighted by molar-refractivity contribution is 7.84. The van der Waals surface area contributed by atoms with E-state index in [-0.39, 0.29) is 17.4 Å². The van der Waals surface area contributed by atoms with Gasteiger partial charge in [0.1, 0.15) is 5.60 Å². The monoisotopic (exact) mass is 304 g/mol. The lowest BCUT2D eigenvalue weighted by atomic mass is 10.2. The first-order chi connectivity index (χ1) is 9.20. The van der Waals surface area contributed by atoms with Gasteiger partial charge < -0.3 is 15.0 Å². The summed E-state index contributed by atoms with van der Waals surface area (Å²) in [5, 5.41) is 3.44. The highest BCUT2D eigenvalue weighted by Gasteiger charge is 2.31. The third-order valence-corrected chi connectivity index (χ3v) is 4.68. The van der Waals surface area contributed by atoms with E-state index in [9.17, 15) is 9.00 Å². The van der Waals surface area contributed by atoms with Crippen molar-refractivity contribution >= 4 is 16.9 Å². The van der Waals surface area contributed by atoms with Crippen LogP contribution in [-0.2, 0) is 15.5 Å². The molecule has 0 bridgehead atoms. The minimum Gasteiger partial charge on any atom is -0.444 e. The molecule has 1 N–H and O–H groups in total. The summed E-state index contributed by atoms with van der Waals surface area (Å²) in [5.74, 6) is 0. The Morgan fingerprint density at radius 3 is 2.70 bits per heavy atom. The summed E-state index contributed by atoms with van der Waals surface area (Å²) in [7, 11) is -0.812. The van der Waals surface area contributed by atoms with Crippen LogP contribution in [0, 0.1) is 0 Å². The first-order valence-electron chi connectivity index (χ1n) is 7.23. The molecule has 6 heteroatoms. The molecule has 1 saturated heterocycles. The molecule has 1 amide bonds. The minimum atomic E-state index is -0.812. The fourth-order valence-corrected chi connectivity index (χ4v) is 2.53. The summed E-state index contributed by atoms with van der Waals surface area (Å²) >= 11 is 0. The van der Waals surface area contributed by atoms with Crippen molar-refractivity contribution in [2.75, 3.05) is 25.9 Å². The Kier molecular flexibility index (Phi) is 6.45. The molecule has 0 saturated carbocycles. The van der Waals surface area contributed by atoms with Gasteiger partial charge in [0, 0.05) is 48.0 Å². The number of hydrogen-bond donors (Lipinski definition) is 1. The molecular weight excluding hydrogens is 276 g/mol. The van der Waals surface area contributed by atoms with Gasteiger partial charge in [-0.3, -0.25) is 4.21 Å². The average molecular weight is 304 g/mol. The van der Waals surface area contributed by atoms with Crippen molar-refractivity contribution in [3.8, 4) is 0 Å². The highest BCUT2D eigenvalue weighted by Crippen LogP contribution is 2.20. The van der Waals surface area contributed by atoms with Gasteiger partial charge in [-0.05, 0) is 40.5 Å². The average Bonchev–Trinajstić information content (AvgIpc) is 2.74. The number of carbonyl (C=O) groups excluding carboxylic acids is 1. The van der Waals surface area contributed by atoms with Crippen LogP contribution in [-0.4, -0.2) is 58.0 Å². The molecule has 0 aromatic heterocycles. The number of amides is 1. The zero-order chi connectivity index (χ0) is 15.3. The molecule has 5 nitrogen and oxygen atoms in total. The summed E-state index contributed by atoms with van der Waals surface area (Å²) in [5.41, 5.74) is -0.453. The molecule has 1 heterocycles. The summed E-state index contributed by atoms with van der Waals surface area (Å²) in [6.07, 6.45) is 3.50. The van der Waals surface area contributed by atoms with Gasteiger partial charge >= 0.3 is 6.09 Å². The summed E-state index contributed by atoms with van der Waals surface area (Å²) in [6.45, 7) is 9.81. The minimum absolute atomic E-state index is 0.131. The van der Waals surface area contributed by atoms with Crippen LogP contribution in [0.2, 0.25) is 0 Å². The standard InChI is InChI=1S/C14H28N2O3S/c1-11(20(5)18)9-15-10-12-7-6-8-16(12)13(17)19-14(2,3)4/h11-12,15H,6-10H2,1-5H3. The molecule has 0 aromatic carbocycles. The Bertz CT molecular complexity index is 355. The second kappa shape index (κ2) is 7.41. The van der Waals surface area contributed by atoms with E-state index < -0.39 is 16.4 Å². The maximum absolute atomic E-state index is 12.1. The molecule has 20 heavy (non-hydrogen) atoms. The maximum atomic E-state index is 12.1. The Morgan fingerprint density at radius 2 is 2.15 bits per heavy atom. The predicted octanol–water partition coefficient (Wildman–Crippen LogP) is 1.74. The van der Waals surface area contributed by atoms with Crippen molar-refractivity contribution in [2.45, 2.75) is 57.4 Å². The number of hydrogen-bond acceptors (Lipinski definition) is 4. The van der Waals surface area contributed by atoms with Gasteiger partial charge in [0.05, 0.1) is 0 Å². The van der Waals surface area contributed by atoms with Gasteiger partial charge in [0.15, 0.2) is 0 Å². The van der Waals surface area contributed by atoms with E-state index in [4.69, 9.17) is 4.74 Å². The van der Waals surface area contributed by atoms with Crippen molar-refractivity contribution in [1.29, 1.82) is 0 Å². The molecule has 1 fully saturated rings. The van der Waals surface area contributed by atoms with Crippen LogP contribution in [0.5, 0.6) is 0 Å². The largest absolute Gasteiger partial charge is 0.444 e. The molecule has 0 aliphatic carbocycles. The lowest BCUT2D eigenvalue weighted by Crippen LogP contribution is -2.45. The van der Waals surface area contributed by atoms with Gasteiger partial charge in [-0.1, -0.05) is 0 Å². The number of ether oxygens (including phenoxy) is 1. The van der Waals surface area contributed by atoms with E-state index in [2.05, 4.69) is 5.32 Å². The molecule has 1 rings (SSSR count). The quantitative estimate of drug-likeness (QED) is 0.840. The molecule has 3 atom stereocenters. The van der Waals surface area contributed by atoms with Crippen molar-refractivity contribution < 1.29 is 13.7 Å². The van der Waals surface area contributed by atoms with E-state index in [1.54, 1.807) is 6.26 Å². The number of nitrogens with zero attached hydrogens (tertiary/aromatic N) is 1. The summed E-state index contributed by atoms with van der Waals surface area (Å²) < 4.78 is 16.7. The number of rotatable bonds is 5. The van der Waals surface area contributed by atoms with Crippen LogP contribution in [0.4, 0.5) is 4.79 Å². The van der Waals surface area contributed by atoms with Crippen LogP contribution >= 0.6 is 0 Å². The summed E-state index contributed by atoms with van der Waals surface area (Å²) in [6, 6.07) is 0.183. The third-order valence-electron chi connectivity index (χ3n) is 3.38. The fourth-order valence-electron chi connectivity index (χ4n) is 2.18. The van der Waals surface area contributed by atoms with Gasteiger partial charge in [0.2, 0.25) is 0 Å². The van der Waals surface area contributed by atoms with Crippen LogP contribution in [0.3, 0.4) is 0 Å². The zero-order valence-electron chi connectivity index (χ0n) is 13.3. The van der Waals surface area contributed by atoms with Crippen LogP contribution < -0.4 is 5.32 Å². The topological polar surface area (TPSA) is 58.6 Å². The van der Waals surface area contributed by atoms with E-state index in [1.807, 2.05) is 32.6 Å². The van der Waals surface area contributed by atoms with Crippen molar-refractivity contribution in [2.24, 2.45) is 0 Å². The first kappa shape index (κ1) is 17.4. The predicted molar refractivity (Wildman–Crippen MR) is 82.4 cm³/mol. The van der Waals surface area contributed by atoms with E-state index in [0.717, 1.165) is 25.9 Å². The molecule has 118 valence electrons. The van der Waals surface area contributed by atoms with E-state index >= 15 is 0 Å². The molecule has 0 spiro atoms. The van der Waals surface area contributed by atoms with Crippen LogP contribution in [0.15, 0.2) is 0 Å². The normalized spacial score (nSPS) is 22.6. The lowest BCUT2D eigenvalue weighted by Gasteiger charge is -2.29. The lowest BCUT2D eigenvalue weighted by molar-refractivity contribution is 0.0227. The highest BCUT2D eigenvalue weighted by atomic mass is 32.2. The van der Waals surface area contributed by atoms with Crippen molar-refractivity contribution in [3.05, 3.63) is 0 Å². The van der Waals surface area contributed by atoms with Crippen molar-refractivity contribution in [1.82, 2.24) is 10.2 Å². The third kappa shape index (κ3) is 5.79. The number of carbonyl (C=O) groups is 1. The Morgan fingerprint density at radius 1 is 1.50 bits per heavy atom. The molecule has 0 radical (unpaired) electrons. The fraction of sp³-hybridized carbons (Fsp3) is 0.929. The number of nitrogens with one attached hydrogen (secondary N) is 1. The molecule has 0 aromatic rings. The Hall–Kier alpha value is -0.620. The van der Waals surface area contributed by atoms with E-state index in [1.165, 1.54) is 0 Å². The summed E-state index contributed by atoms with van der Waals surface area (Å²) in [4.78, 5) is 13.9. The van der Waals surface area contributed by atoms with Crippen LogP contribution in [0.25, 0.3) is 0 Å². The SMILES string of the molecule is CC(CNCC1CCCN1C(=O)OC(C)(C)C)S(C)=O. The maximum Gasteiger partial charge on any atom is 0.410 e. The smallest absolute Gasteiger partial charge is 0.410 e. The molecule has 1 aliphatic rings. The van der Waals surface area contributed by atoms with Gasteiger partial charge in [-0.25, -0.2) is 4.79 Å². The zero-order valence-corrected chi connectivity index (χ0v) is 14.1. The van der Waals surface area contributed by atoms with Gasteiger partial charge in [-0.2, -0.15) is 0 Å². The first-order valence-corrected chi connectivity index (χ1v) is 8.85. The van der Waals surface area contributed by atoms with Gasteiger partial charge in [0.25, 0.3) is 0 Å². The molecule has 1 aliphatic heterocycles. The molecular formula is C14H28N2O3S. The van der Waals surface area contributed by atoms with Crippen molar-refractivity contribution in [3.63, 3.8) is 0 Å². The Balaban J connectivity index is 2.41. The van der Waals surface area contributed by atoms with Gasteiger partial charge in [-0.15, -0.1) is 0 Å². The van der Waals surface area contributed by atoms with E-state index in [0.29, 0.717) is 6.54 Å². The second-order valence-corrected chi connectivity index (χ2v) is 8.24. The second-order valence-electron chi connectivity index (χ2n) is 6.44. The van der Waals surface area contributed by atoms with Crippen LogP contribution in [0.1, 0.15) is 40.5 Å². The molecule has 3 unspecified atom stereocenters. The Labute approximate surface area is 124 Å². The number of likely N-dealkylation sites (tertiary alicyclic amines) is 1.